The Morgan fingerprint density at radius 1 is 1.00 bits per heavy atom. The molecule has 6 heteroatoms. The van der Waals surface area contributed by atoms with E-state index in [4.69, 9.17) is 19.8 Å². The second kappa shape index (κ2) is 7.41. The zero-order valence-corrected chi connectivity index (χ0v) is 6.95. The summed E-state index contributed by atoms with van der Waals surface area (Å²) in [6, 6.07) is 0. The Kier molecular flexibility index (Phi) is 14.6. The van der Waals surface area contributed by atoms with Crippen molar-refractivity contribution in [1.29, 1.82) is 0 Å². The van der Waals surface area contributed by atoms with E-state index in [0.29, 0.717) is 0 Å². The molecule has 0 atom stereocenters. The van der Waals surface area contributed by atoms with Crippen molar-refractivity contribution in [1.82, 2.24) is 0 Å². The maximum absolute atomic E-state index is 8.93. The van der Waals surface area contributed by atoms with Crippen LogP contribution < -0.4 is 34.2 Å². The number of hydrogen-bond donors (Lipinski definition) is 0. The zero-order chi connectivity index (χ0) is 5.15. The van der Waals surface area contributed by atoms with Crippen LogP contribution in [0.5, 0.6) is 0 Å². The van der Waals surface area contributed by atoms with Crippen LogP contribution in [-0.2, 0) is 32.0 Å². The SMILES string of the molecule is O=C([O-])C(=O)[O-].[Ag].[I-]. The van der Waals surface area contributed by atoms with Crippen molar-refractivity contribution in [3.63, 3.8) is 0 Å². The molecule has 0 saturated carbocycles. The van der Waals surface area contributed by atoms with Crippen molar-refractivity contribution in [2.75, 3.05) is 0 Å². The third-order valence-electron chi connectivity index (χ3n) is 0.167. The molecule has 0 rings (SSSR count). The van der Waals surface area contributed by atoms with Crippen LogP contribution >= 0.6 is 0 Å². The van der Waals surface area contributed by atoms with E-state index >= 15 is 0 Å². The van der Waals surface area contributed by atoms with Gasteiger partial charge < -0.3 is 43.8 Å². The number of hydrogen-bond acceptors (Lipinski definition) is 4. The number of halogens is 1. The largest absolute Gasteiger partial charge is 1.00 e. The first-order chi connectivity index (χ1) is 2.64. The Morgan fingerprint density at radius 2 is 1.12 bits per heavy atom. The molecule has 0 saturated heterocycles. The van der Waals surface area contributed by atoms with Gasteiger partial charge in [-0.3, -0.25) is 0 Å². The van der Waals surface area contributed by atoms with E-state index < -0.39 is 11.9 Å². The van der Waals surface area contributed by atoms with Gasteiger partial charge in [0.1, 0.15) is 0 Å². The Hall–Kier alpha value is 0.410. The van der Waals surface area contributed by atoms with Gasteiger partial charge in [0, 0.05) is 22.4 Å². The Bertz CT molecular complexity index is 80.0. The minimum atomic E-state index is -2.19. The predicted molar refractivity (Wildman–Crippen MR) is 10.0 cm³/mol. The molecule has 0 unspecified atom stereocenters. The van der Waals surface area contributed by atoms with E-state index in [1.54, 1.807) is 0 Å². The summed E-state index contributed by atoms with van der Waals surface area (Å²) in [5.74, 6) is -4.37. The summed E-state index contributed by atoms with van der Waals surface area (Å²) in [7, 11) is 0. The van der Waals surface area contributed by atoms with Gasteiger partial charge in [0.25, 0.3) is 0 Å². The molecule has 0 bridgehead atoms. The maximum atomic E-state index is 8.93. The average Bonchev–Trinajstić information content (AvgIpc) is 1.36. The van der Waals surface area contributed by atoms with E-state index in [1.807, 2.05) is 0 Å². The molecular weight excluding hydrogens is 323 g/mol. The van der Waals surface area contributed by atoms with Crippen LogP contribution in [0.15, 0.2) is 0 Å². The fraction of sp³-hybridized carbons (Fsp3) is 0. The molecule has 0 aromatic carbocycles. The molecule has 0 aliphatic carbocycles. The first kappa shape index (κ1) is 15.8. The second-order valence-corrected chi connectivity index (χ2v) is 0.575. The number of carbonyl (C=O) groups is 2. The first-order valence-corrected chi connectivity index (χ1v) is 1.07. The van der Waals surface area contributed by atoms with Crippen LogP contribution in [0.2, 0.25) is 0 Å². The molecule has 0 aliphatic heterocycles. The van der Waals surface area contributed by atoms with Crippen molar-refractivity contribution >= 4 is 11.9 Å². The molecule has 1 radical (unpaired) electrons. The van der Waals surface area contributed by atoms with Crippen molar-refractivity contribution < 1.29 is 66.2 Å². The van der Waals surface area contributed by atoms with Gasteiger partial charge in [-0.2, -0.15) is 0 Å². The van der Waals surface area contributed by atoms with Gasteiger partial charge in [0.05, 0.1) is 11.9 Å². The monoisotopic (exact) mass is 322 g/mol. The average molecular weight is 323 g/mol. The van der Waals surface area contributed by atoms with Gasteiger partial charge in [-0.15, -0.1) is 0 Å². The van der Waals surface area contributed by atoms with Gasteiger partial charge in [-0.25, -0.2) is 0 Å². The van der Waals surface area contributed by atoms with Crippen LogP contribution in [0, 0.1) is 0 Å². The molecule has 0 aromatic heterocycles. The summed E-state index contributed by atoms with van der Waals surface area (Å²) < 4.78 is 0. The number of carboxylic acids is 2. The second-order valence-electron chi connectivity index (χ2n) is 0.575. The van der Waals surface area contributed by atoms with Gasteiger partial charge >= 0.3 is 0 Å². The van der Waals surface area contributed by atoms with E-state index in [1.165, 1.54) is 0 Å². The van der Waals surface area contributed by atoms with Crippen LogP contribution in [0.25, 0.3) is 0 Å². The van der Waals surface area contributed by atoms with Gasteiger partial charge in [-0.1, -0.05) is 0 Å². The number of carboxylic acid groups (broad SMARTS) is 2. The maximum Gasteiger partial charge on any atom is 0.0870 e. The van der Waals surface area contributed by atoms with Crippen LogP contribution in [0.4, 0.5) is 0 Å². The van der Waals surface area contributed by atoms with E-state index in [2.05, 4.69) is 0 Å². The number of carbonyl (C=O) groups excluding carboxylic acids is 2. The Balaban J connectivity index is -0.000000125. The summed E-state index contributed by atoms with van der Waals surface area (Å²) in [5.41, 5.74) is 0. The summed E-state index contributed by atoms with van der Waals surface area (Å²) in [6.45, 7) is 0. The molecule has 0 N–H and O–H groups in total. The number of rotatable bonds is 0. The summed E-state index contributed by atoms with van der Waals surface area (Å²) >= 11 is 0. The molecular formula is C2AgIO4-3. The predicted octanol–water partition coefficient (Wildman–Crippen LogP) is -6.51. The topological polar surface area (TPSA) is 80.3 Å². The zero-order valence-electron chi connectivity index (χ0n) is 3.31. The standard InChI is InChI=1S/C2H2O4.Ag.HI/c3-1(4)2(5)6;;/h(H,3,4)(H,5,6);;1H/p-3. The minimum Gasteiger partial charge on any atom is -1.00 e. The molecule has 0 aliphatic rings. The van der Waals surface area contributed by atoms with E-state index in [-0.39, 0.29) is 46.4 Å². The van der Waals surface area contributed by atoms with Gasteiger partial charge in [0.15, 0.2) is 0 Å². The molecule has 0 aromatic rings. The molecule has 53 valence electrons. The van der Waals surface area contributed by atoms with Crippen LogP contribution in [0.3, 0.4) is 0 Å². The Labute approximate surface area is 77.8 Å². The molecule has 4 nitrogen and oxygen atoms in total. The quantitative estimate of drug-likeness (QED) is 0.252. The third kappa shape index (κ3) is 9.65. The molecule has 0 amide bonds. The fourth-order valence-corrected chi connectivity index (χ4v) is 0. The van der Waals surface area contributed by atoms with Crippen molar-refractivity contribution in [3.8, 4) is 0 Å². The Morgan fingerprint density at radius 3 is 1.12 bits per heavy atom. The minimum absolute atomic E-state index is 0. The molecule has 0 spiro atoms. The third-order valence-corrected chi connectivity index (χ3v) is 0.167. The van der Waals surface area contributed by atoms with Crippen LogP contribution in [0.1, 0.15) is 0 Å². The first-order valence-electron chi connectivity index (χ1n) is 1.07. The van der Waals surface area contributed by atoms with E-state index in [0.717, 1.165) is 0 Å². The smallest absolute Gasteiger partial charge is 0.0870 e. The summed E-state index contributed by atoms with van der Waals surface area (Å²) in [5, 5.41) is 17.9. The fourth-order valence-electron chi connectivity index (χ4n) is 0. The summed E-state index contributed by atoms with van der Waals surface area (Å²) in [4.78, 5) is 17.9. The van der Waals surface area contributed by atoms with Crippen molar-refractivity contribution in [2.45, 2.75) is 0 Å². The molecule has 0 heterocycles. The summed E-state index contributed by atoms with van der Waals surface area (Å²) in [6.07, 6.45) is 0. The molecule has 0 fully saturated rings. The normalized spacial score (nSPS) is 5.50. The van der Waals surface area contributed by atoms with Crippen LogP contribution in [-0.4, -0.2) is 11.9 Å². The van der Waals surface area contributed by atoms with Crippen molar-refractivity contribution in [2.24, 2.45) is 0 Å². The number of aliphatic carboxylic acids is 2. The van der Waals surface area contributed by atoms with Gasteiger partial charge in [-0.05, 0) is 0 Å². The van der Waals surface area contributed by atoms with E-state index in [9.17, 15) is 0 Å². The molecule has 8 heavy (non-hydrogen) atoms. The van der Waals surface area contributed by atoms with Gasteiger partial charge in [0.2, 0.25) is 0 Å². The van der Waals surface area contributed by atoms with Crippen molar-refractivity contribution in [3.05, 3.63) is 0 Å².